The number of aryl methyl sites for hydroxylation is 3. The van der Waals surface area contributed by atoms with Gasteiger partial charge in [-0.05, 0) is 150 Å². The van der Waals surface area contributed by atoms with E-state index in [0.29, 0.717) is 112 Å². The van der Waals surface area contributed by atoms with E-state index in [4.69, 9.17) is 35.4 Å². The normalized spacial score (nSPS) is 8.35. The SMILES string of the molecule is C.C.C#C.C#CC.C#CC#CC.C#CC#CC#C.CCN=C=O.CCNC(=O)N=C(CC)NC(=O)NCC.CC[N+](=N)N.CCc1nc(=O)n(CC)c(=O)[nH]1.CCc1nc(=O)n(CC)c(=O)n1PC.CCc1nc(=O)n(CC)c(=O)n1PC.CI.CPC. The van der Waals surface area contributed by atoms with Gasteiger partial charge in [0.05, 0.1) is 0 Å². The Morgan fingerprint density at radius 2 is 1.03 bits per heavy atom. The molecule has 0 saturated carbocycles. The molecule has 0 aromatic carbocycles. The average Bonchev–Trinajstić information content (AvgIpc) is 3.53. The van der Waals surface area contributed by atoms with Gasteiger partial charge in [-0.3, -0.25) is 19.0 Å². The van der Waals surface area contributed by atoms with Crippen LogP contribution in [0.3, 0.4) is 0 Å². The number of hydrogen-bond acceptors (Lipinski definition) is 14. The Hall–Kier alpha value is -8.04. The predicted molar refractivity (Wildman–Crippen MR) is 380 cm³/mol. The van der Waals surface area contributed by atoms with E-state index in [9.17, 15) is 38.4 Å². The molecule has 2 unspecified atom stereocenters. The minimum atomic E-state index is -0.474. The summed E-state index contributed by atoms with van der Waals surface area (Å²) in [5.41, 5.74) is 4.21. The number of aliphatic imine (C=N–C) groups is 2. The molecule has 0 saturated heterocycles. The first-order valence-corrected chi connectivity index (χ1v) is 33.2. The van der Waals surface area contributed by atoms with Crippen LogP contribution in [0.1, 0.15) is 129 Å². The number of amidine groups is 1. The van der Waals surface area contributed by atoms with Gasteiger partial charge >= 0.3 is 46.2 Å². The topological polar surface area (TPSA) is 346 Å². The second-order valence-corrected chi connectivity index (χ2v) is 16.6. The molecule has 3 rings (SSSR count). The van der Waals surface area contributed by atoms with Crippen LogP contribution in [0.25, 0.3) is 0 Å². The Bertz CT molecular complexity index is 3010. The maximum Gasteiger partial charge on any atom is 0.353 e. The monoisotopic (exact) mass is 1400 g/mol. The largest absolute Gasteiger partial charge is 0.353 e. The molecule has 492 valence electrons. The van der Waals surface area contributed by atoms with Crippen LogP contribution in [0, 0.1) is 91.4 Å². The van der Waals surface area contributed by atoms with E-state index in [2.05, 4.69) is 148 Å². The number of isocyanates is 1. The lowest BCUT2D eigenvalue weighted by molar-refractivity contribution is -0.623. The Morgan fingerprint density at radius 3 is 1.25 bits per heavy atom. The van der Waals surface area contributed by atoms with Crippen LogP contribution < -0.4 is 55.9 Å². The molecule has 7 N–H and O–H groups in total. The zero-order chi connectivity index (χ0) is 69.0. The van der Waals surface area contributed by atoms with Crippen LogP contribution in [0.4, 0.5) is 9.59 Å². The zero-order valence-electron chi connectivity index (χ0n) is 53.3. The highest BCUT2D eigenvalue weighted by Gasteiger charge is 2.10. The quantitative estimate of drug-likeness (QED) is 0.0101. The van der Waals surface area contributed by atoms with Crippen molar-refractivity contribution < 1.29 is 19.2 Å². The molecule has 2 atom stereocenters. The fourth-order valence-corrected chi connectivity index (χ4v) is 6.07. The van der Waals surface area contributed by atoms with Crippen molar-refractivity contribution in [2.24, 2.45) is 15.8 Å². The number of rotatable bonds is 13. The third-order valence-corrected chi connectivity index (χ3v) is 9.85. The van der Waals surface area contributed by atoms with Crippen LogP contribution in [-0.4, -0.2) is 129 Å². The molecule has 3 aromatic rings. The van der Waals surface area contributed by atoms with Gasteiger partial charge in [-0.25, -0.2) is 61.8 Å². The van der Waals surface area contributed by atoms with Crippen LogP contribution in [0.2, 0.25) is 0 Å². The number of nitrogens with two attached hydrogens (primary N) is 1. The molecule has 0 fully saturated rings. The van der Waals surface area contributed by atoms with Gasteiger partial charge in [-0.1, -0.05) is 71.1 Å². The molecule has 88 heavy (non-hydrogen) atoms. The number of nitrogens with zero attached hydrogens (tertiary/aromatic N) is 11. The number of hydrogen-bond donors (Lipinski definition) is 6. The van der Waals surface area contributed by atoms with Gasteiger partial charge in [0.1, 0.15) is 23.3 Å². The van der Waals surface area contributed by atoms with Gasteiger partial charge < -0.3 is 10.6 Å². The van der Waals surface area contributed by atoms with E-state index >= 15 is 0 Å². The van der Waals surface area contributed by atoms with E-state index in [0.717, 1.165) is 27.1 Å². The molecule has 0 aliphatic heterocycles. The second-order valence-electron chi connectivity index (χ2n) is 13.8. The van der Waals surface area contributed by atoms with Gasteiger partial charge in [0.2, 0.25) is 6.08 Å². The Kier molecular flexibility index (Phi) is 94.1. The third-order valence-electron chi connectivity index (χ3n) is 8.05. The number of terminal acetylenes is 5. The van der Waals surface area contributed by atoms with Crippen molar-refractivity contribution in [3.8, 4) is 85.9 Å². The fraction of sp³-hybridized carbons (Fsp3) is 0.534. The van der Waals surface area contributed by atoms with Gasteiger partial charge in [0.25, 0.3) is 0 Å². The lowest BCUT2D eigenvalue weighted by atomic mass is 10.4. The molecule has 4 amide bonds. The average molecular weight is 1400 g/mol. The lowest BCUT2D eigenvalue weighted by Gasteiger charge is -2.09. The molecule has 0 radical (unpaired) electrons. The summed E-state index contributed by atoms with van der Waals surface area (Å²) in [6.07, 6.45) is 30.4. The predicted octanol–water partition coefficient (Wildman–Crippen LogP) is 5.78. The summed E-state index contributed by atoms with van der Waals surface area (Å²) in [4.78, 5) is 123. The van der Waals surface area contributed by atoms with Crippen LogP contribution in [0.15, 0.2) is 38.8 Å². The van der Waals surface area contributed by atoms with Crippen molar-refractivity contribution in [3.63, 3.8) is 0 Å². The minimum Gasteiger partial charge on any atom is -0.338 e. The summed E-state index contributed by atoms with van der Waals surface area (Å²) in [5, 5.41) is 7.57. The van der Waals surface area contributed by atoms with E-state index in [1.807, 2.05) is 59.8 Å². The molecule has 26 nitrogen and oxygen atoms in total. The number of urea groups is 2. The highest BCUT2D eigenvalue weighted by atomic mass is 127. The van der Waals surface area contributed by atoms with E-state index < -0.39 is 23.1 Å². The number of halogens is 1. The van der Waals surface area contributed by atoms with E-state index in [1.54, 1.807) is 57.1 Å². The highest BCUT2D eigenvalue weighted by molar-refractivity contribution is 14.1. The number of aromatic nitrogens is 9. The summed E-state index contributed by atoms with van der Waals surface area (Å²) in [6, 6.07) is -0.784. The third kappa shape index (κ3) is 58.3. The number of carbonyl (C=O) groups is 2. The van der Waals surface area contributed by atoms with Crippen LogP contribution in [0.5, 0.6) is 0 Å². The molecule has 3 heterocycles. The summed E-state index contributed by atoms with van der Waals surface area (Å²) in [7, 11) is 1.71. The smallest absolute Gasteiger partial charge is 0.338 e. The molecule has 0 bridgehead atoms. The first-order valence-electron chi connectivity index (χ1n) is 26.1. The number of alkyl halides is 1. The Balaban J connectivity index is -0.0000000859. The molecule has 0 aliphatic carbocycles. The number of carbonyl (C=O) groups excluding carboxylic acids is 3. The van der Waals surface area contributed by atoms with Crippen LogP contribution >= 0.6 is 48.6 Å². The van der Waals surface area contributed by atoms with E-state index in [-0.39, 0.29) is 38.0 Å². The van der Waals surface area contributed by atoms with Crippen molar-refractivity contribution in [1.29, 1.82) is 5.53 Å². The molecule has 3 aromatic heterocycles. The number of hydrazine groups is 1. The van der Waals surface area contributed by atoms with Crippen molar-refractivity contribution in [3.05, 3.63) is 80.4 Å². The lowest BCUT2D eigenvalue weighted by Crippen LogP contribution is -2.40. The second kappa shape index (κ2) is 79.0. The van der Waals surface area contributed by atoms with Gasteiger partial charge in [0.15, 0.2) is 6.54 Å². The Labute approximate surface area is 542 Å². The van der Waals surface area contributed by atoms with Gasteiger partial charge in [-0.15, -0.1) is 53.0 Å². The maximum absolute atomic E-state index is 11.7. The molecule has 30 heteroatoms. The van der Waals surface area contributed by atoms with Crippen molar-refractivity contribution in [2.75, 3.05) is 57.8 Å². The Morgan fingerprint density at radius 1 is 0.670 bits per heavy atom. The molecular weight excluding hydrogens is 1300 g/mol. The summed E-state index contributed by atoms with van der Waals surface area (Å²) >= 11 is 2.15. The molecule has 0 aliphatic rings. The van der Waals surface area contributed by atoms with Crippen LogP contribution in [-0.2, 0) is 43.7 Å². The van der Waals surface area contributed by atoms with Crippen molar-refractivity contribution >= 4 is 72.6 Å². The fourth-order valence-electron chi connectivity index (χ4n) is 4.51. The van der Waals surface area contributed by atoms with Gasteiger partial charge in [0, 0.05) is 71.9 Å². The van der Waals surface area contributed by atoms with Gasteiger partial charge in [-0.2, -0.15) is 25.8 Å². The number of amides is 4. The number of nitrogens with one attached hydrogen (secondary N) is 5. The first kappa shape index (κ1) is 105. The highest BCUT2D eigenvalue weighted by Crippen LogP contribution is 2.07. The van der Waals surface area contributed by atoms with Crippen molar-refractivity contribution in [2.45, 2.75) is 150 Å². The molecular formula is C58H100IN17O9P3+. The summed E-state index contributed by atoms with van der Waals surface area (Å²) in [6.45, 7) is 34.6. The maximum atomic E-state index is 11.7. The van der Waals surface area contributed by atoms with Crippen molar-refractivity contribution in [1.82, 2.24) is 58.3 Å². The number of aromatic amines is 1. The van der Waals surface area contributed by atoms with E-state index in [1.165, 1.54) is 6.08 Å². The number of H-pyrrole nitrogens is 1. The minimum absolute atomic E-state index is 0. The summed E-state index contributed by atoms with van der Waals surface area (Å²) < 4.78 is 6.47. The summed E-state index contributed by atoms with van der Waals surface area (Å²) in [5.74, 6) is 24.7. The molecule has 0 spiro atoms. The standard InChI is InChI=1S/C9H18N4O2.2C8H14N3O2P.C7H11N3O2.C6H2.C5H4.C3H5NO.C3H4.C2H8N3.C2H7P.C2H2.CH3I.2CH4/c1-4-7(12-8(14)10-5-2)13-9(15)11-6-3;2*1-4-6-9-7(12)10(5-2)8(13)11(6)14-3;1-3-5-8-6(11)10(4-2)7(12)9-5;1-3-5-6-4-2;1-3-5-4-2;1-2-4-3-5;1-3-2;1-2-5(3)4;1-3-2;2*1-2;;/h4-6H2,1-3H3,(H3,10,11,12,13,14,15);2*14H,4-5H2,1-3H3;3-4H2,1-2H3,(H,8,9,11,12);1-2H;1H,2H3;2H2,1H3;1H,2H3;2H2,1H3,(H3,3,4);3H,1-2H3;1-2H;1H3;2*1H4/q;;;;;;;;+1;;;;;. The zero-order valence-corrected chi connectivity index (χ0v) is 58.4. The first-order chi connectivity index (χ1) is 41.0.